The molecule has 0 spiro atoms. The van der Waals surface area contributed by atoms with Crippen LogP contribution >= 0.6 is 0 Å². The molecule has 24 heavy (non-hydrogen) atoms. The van der Waals surface area contributed by atoms with Gasteiger partial charge in [0, 0.05) is 0 Å². The molecule has 2 rings (SSSR count). The van der Waals surface area contributed by atoms with Gasteiger partial charge in [0.25, 0.3) is 5.91 Å². The second-order valence-electron chi connectivity index (χ2n) is 6.03. The van der Waals surface area contributed by atoms with Crippen molar-refractivity contribution >= 4 is 11.9 Å². The third-order valence-electron chi connectivity index (χ3n) is 3.64. The molecule has 0 aliphatic rings. The van der Waals surface area contributed by atoms with Gasteiger partial charge < -0.3 is 10.4 Å². The Hall–Kier alpha value is -2.70. The van der Waals surface area contributed by atoms with Gasteiger partial charge in [-0.3, -0.25) is 4.79 Å². The number of hydrogen-bond donors (Lipinski definition) is 2. The zero-order valence-corrected chi connectivity index (χ0v) is 13.8. The van der Waals surface area contributed by atoms with Gasteiger partial charge in [-0.2, -0.15) is 5.10 Å². The molecule has 0 radical (unpaired) electrons. The van der Waals surface area contributed by atoms with Crippen LogP contribution in [0.5, 0.6) is 0 Å². The molecule has 0 saturated heterocycles. The standard InChI is InChI=1S/C17H20FN3O3/c1-10(2)8-15(17(23)24)20-16(22)14-9-19-21(11(14)3)13-6-4-12(18)5-7-13/h4-7,9-10,15H,8H2,1-3H3,(H,20,22)(H,23,24)/t15-/m0/s1. The number of carboxylic acids is 1. The van der Waals surface area contributed by atoms with Crippen LogP contribution < -0.4 is 5.32 Å². The molecule has 0 bridgehead atoms. The molecule has 128 valence electrons. The summed E-state index contributed by atoms with van der Waals surface area (Å²) >= 11 is 0. The van der Waals surface area contributed by atoms with Crippen LogP contribution in [0.25, 0.3) is 5.69 Å². The van der Waals surface area contributed by atoms with Gasteiger partial charge in [-0.15, -0.1) is 0 Å². The first-order chi connectivity index (χ1) is 11.3. The Morgan fingerprint density at radius 2 is 1.92 bits per heavy atom. The maximum absolute atomic E-state index is 13.0. The predicted molar refractivity (Wildman–Crippen MR) is 86.6 cm³/mol. The zero-order chi connectivity index (χ0) is 17.9. The average Bonchev–Trinajstić information content (AvgIpc) is 2.88. The van der Waals surface area contributed by atoms with E-state index in [-0.39, 0.29) is 17.3 Å². The molecule has 0 fully saturated rings. The molecule has 7 heteroatoms. The number of halogens is 1. The van der Waals surface area contributed by atoms with Gasteiger partial charge in [-0.05, 0) is 43.5 Å². The lowest BCUT2D eigenvalue weighted by atomic mass is 10.0. The summed E-state index contributed by atoms with van der Waals surface area (Å²) in [4.78, 5) is 23.6. The molecule has 0 saturated carbocycles. The van der Waals surface area contributed by atoms with E-state index in [9.17, 15) is 19.1 Å². The summed E-state index contributed by atoms with van der Waals surface area (Å²) in [5.41, 5.74) is 1.45. The maximum Gasteiger partial charge on any atom is 0.326 e. The summed E-state index contributed by atoms with van der Waals surface area (Å²) in [6, 6.07) is 4.76. The highest BCUT2D eigenvalue weighted by Gasteiger charge is 2.24. The van der Waals surface area contributed by atoms with E-state index in [1.807, 2.05) is 13.8 Å². The fourth-order valence-electron chi connectivity index (χ4n) is 2.40. The second-order valence-corrected chi connectivity index (χ2v) is 6.03. The van der Waals surface area contributed by atoms with Crippen LogP contribution in [0, 0.1) is 18.7 Å². The van der Waals surface area contributed by atoms with Crippen molar-refractivity contribution in [2.24, 2.45) is 5.92 Å². The van der Waals surface area contributed by atoms with Gasteiger partial charge in [0.2, 0.25) is 0 Å². The van der Waals surface area contributed by atoms with Gasteiger partial charge in [0.15, 0.2) is 0 Å². The smallest absolute Gasteiger partial charge is 0.326 e. The lowest BCUT2D eigenvalue weighted by molar-refractivity contribution is -0.139. The summed E-state index contributed by atoms with van der Waals surface area (Å²) < 4.78 is 14.5. The van der Waals surface area contributed by atoms with Crippen LogP contribution in [0.4, 0.5) is 4.39 Å². The fraction of sp³-hybridized carbons (Fsp3) is 0.353. The zero-order valence-electron chi connectivity index (χ0n) is 13.8. The number of carbonyl (C=O) groups is 2. The third kappa shape index (κ3) is 3.98. The second kappa shape index (κ2) is 7.25. The van der Waals surface area contributed by atoms with Gasteiger partial charge in [0.05, 0.1) is 23.1 Å². The number of amides is 1. The minimum absolute atomic E-state index is 0.134. The Bertz CT molecular complexity index is 738. The fourth-order valence-corrected chi connectivity index (χ4v) is 2.40. The van der Waals surface area contributed by atoms with E-state index in [2.05, 4.69) is 10.4 Å². The van der Waals surface area contributed by atoms with Crippen LogP contribution in [0.15, 0.2) is 30.5 Å². The lowest BCUT2D eigenvalue weighted by Crippen LogP contribution is -2.41. The number of aromatic nitrogens is 2. The van der Waals surface area contributed by atoms with Crippen molar-refractivity contribution in [2.45, 2.75) is 33.2 Å². The minimum atomic E-state index is -1.07. The van der Waals surface area contributed by atoms with Crippen molar-refractivity contribution < 1.29 is 19.1 Å². The number of hydrogen-bond acceptors (Lipinski definition) is 3. The molecule has 1 aromatic carbocycles. The van der Waals surface area contributed by atoms with E-state index in [1.165, 1.54) is 23.0 Å². The molecule has 0 aliphatic carbocycles. The van der Waals surface area contributed by atoms with E-state index in [0.717, 1.165) is 0 Å². The lowest BCUT2D eigenvalue weighted by Gasteiger charge is -2.16. The van der Waals surface area contributed by atoms with Crippen LogP contribution in [0.1, 0.15) is 36.3 Å². The summed E-state index contributed by atoms with van der Waals surface area (Å²) in [5.74, 6) is -1.79. The van der Waals surface area contributed by atoms with Crippen molar-refractivity contribution in [3.63, 3.8) is 0 Å². The number of carbonyl (C=O) groups excluding carboxylic acids is 1. The summed E-state index contributed by atoms with van der Waals surface area (Å²) in [7, 11) is 0. The Morgan fingerprint density at radius 1 is 1.29 bits per heavy atom. The Labute approximate surface area is 139 Å². The normalized spacial score (nSPS) is 12.2. The van der Waals surface area contributed by atoms with Crippen molar-refractivity contribution in [1.82, 2.24) is 15.1 Å². The third-order valence-corrected chi connectivity index (χ3v) is 3.64. The highest BCUT2D eigenvalue weighted by Crippen LogP contribution is 2.15. The first kappa shape index (κ1) is 17.7. The molecule has 1 atom stereocenters. The topological polar surface area (TPSA) is 84.2 Å². The molecule has 2 N–H and O–H groups in total. The number of nitrogens with one attached hydrogen (secondary N) is 1. The molecule has 1 amide bonds. The van der Waals surface area contributed by atoms with E-state index in [0.29, 0.717) is 17.8 Å². The Morgan fingerprint density at radius 3 is 2.46 bits per heavy atom. The first-order valence-corrected chi connectivity index (χ1v) is 7.63. The molecular formula is C17H20FN3O3. The molecular weight excluding hydrogens is 313 g/mol. The van der Waals surface area contributed by atoms with Crippen LogP contribution in [0.3, 0.4) is 0 Å². The number of carboxylic acid groups (broad SMARTS) is 1. The molecule has 0 aliphatic heterocycles. The van der Waals surface area contributed by atoms with Gasteiger partial charge in [-0.1, -0.05) is 13.8 Å². The molecule has 1 heterocycles. The SMILES string of the molecule is Cc1c(C(=O)N[C@@H](CC(C)C)C(=O)O)cnn1-c1ccc(F)cc1. The average molecular weight is 333 g/mol. The largest absolute Gasteiger partial charge is 0.480 e. The Balaban J connectivity index is 2.21. The highest BCUT2D eigenvalue weighted by atomic mass is 19.1. The number of rotatable bonds is 6. The molecule has 6 nitrogen and oxygen atoms in total. The van der Waals surface area contributed by atoms with E-state index >= 15 is 0 Å². The van der Waals surface area contributed by atoms with Crippen molar-refractivity contribution in [3.05, 3.63) is 47.5 Å². The summed E-state index contributed by atoms with van der Waals surface area (Å²) in [5, 5.41) is 15.9. The van der Waals surface area contributed by atoms with E-state index in [4.69, 9.17) is 0 Å². The van der Waals surface area contributed by atoms with Crippen LogP contribution in [-0.2, 0) is 4.79 Å². The molecule has 2 aromatic rings. The van der Waals surface area contributed by atoms with Crippen molar-refractivity contribution in [2.75, 3.05) is 0 Å². The number of benzene rings is 1. The highest BCUT2D eigenvalue weighted by molar-refractivity contribution is 5.97. The molecule has 0 unspecified atom stereocenters. The van der Waals surface area contributed by atoms with Crippen molar-refractivity contribution in [1.29, 1.82) is 0 Å². The number of nitrogens with zero attached hydrogens (tertiary/aromatic N) is 2. The van der Waals surface area contributed by atoms with Gasteiger partial charge in [0.1, 0.15) is 11.9 Å². The predicted octanol–water partition coefficient (Wildman–Crippen LogP) is 2.55. The minimum Gasteiger partial charge on any atom is -0.480 e. The van der Waals surface area contributed by atoms with E-state index < -0.39 is 17.9 Å². The summed E-state index contributed by atoms with van der Waals surface area (Å²) in [6.07, 6.45) is 1.72. The van der Waals surface area contributed by atoms with Gasteiger partial charge in [-0.25, -0.2) is 13.9 Å². The maximum atomic E-state index is 13.0. The summed E-state index contributed by atoms with van der Waals surface area (Å²) in [6.45, 7) is 5.48. The quantitative estimate of drug-likeness (QED) is 0.851. The first-order valence-electron chi connectivity index (χ1n) is 7.63. The molecule has 1 aromatic heterocycles. The number of aliphatic carboxylic acids is 1. The monoisotopic (exact) mass is 333 g/mol. The van der Waals surface area contributed by atoms with Crippen molar-refractivity contribution in [3.8, 4) is 5.69 Å². The van der Waals surface area contributed by atoms with Gasteiger partial charge >= 0.3 is 5.97 Å². The Kier molecular flexibility index (Phi) is 5.33. The van der Waals surface area contributed by atoms with Crippen LogP contribution in [0.2, 0.25) is 0 Å². The van der Waals surface area contributed by atoms with Crippen LogP contribution in [-0.4, -0.2) is 32.8 Å². The van der Waals surface area contributed by atoms with E-state index in [1.54, 1.807) is 19.1 Å².